The molecular formula is C16H23BN2O4S. The van der Waals surface area contributed by atoms with Crippen LogP contribution < -0.4 is 5.46 Å². The van der Waals surface area contributed by atoms with E-state index in [4.69, 9.17) is 15.7 Å². The fraction of sp³-hybridized carbons (Fsp3) is 0.688. The normalized spacial score (nSPS) is 26.9. The highest BCUT2D eigenvalue weighted by atomic mass is 32.2. The third kappa shape index (κ3) is 2.79. The summed E-state index contributed by atoms with van der Waals surface area (Å²) in [6.07, 6.45) is 9.99. The highest BCUT2D eigenvalue weighted by Gasteiger charge is 2.52. The molecule has 24 heavy (non-hydrogen) atoms. The van der Waals surface area contributed by atoms with Gasteiger partial charge in [0.1, 0.15) is 5.54 Å². The summed E-state index contributed by atoms with van der Waals surface area (Å²) in [5, 5.41) is 4.39. The van der Waals surface area contributed by atoms with E-state index >= 15 is 0 Å². The minimum atomic E-state index is -3.00. The van der Waals surface area contributed by atoms with E-state index in [0.29, 0.717) is 12.8 Å². The van der Waals surface area contributed by atoms with Gasteiger partial charge < -0.3 is 9.31 Å². The lowest BCUT2D eigenvalue weighted by Crippen LogP contribution is -2.41. The summed E-state index contributed by atoms with van der Waals surface area (Å²) in [5.74, 6) is 2.93. The molecule has 2 saturated heterocycles. The SMILES string of the molecule is C#CC1(n2cc(B3OC(C)(C)C(C)(C)O3)cn2)CCS(=O)(=O)CC1. The van der Waals surface area contributed by atoms with Gasteiger partial charge in [0.25, 0.3) is 0 Å². The van der Waals surface area contributed by atoms with Crippen LogP contribution in [0.3, 0.4) is 0 Å². The minimum Gasteiger partial charge on any atom is -0.399 e. The molecule has 6 nitrogen and oxygen atoms in total. The second-order valence-electron chi connectivity index (χ2n) is 7.63. The zero-order valence-corrected chi connectivity index (χ0v) is 15.4. The van der Waals surface area contributed by atoms with Crippen molar-refractivity contribution < 1.29 is 17.7 Å². The van der Waals surface area contributed by atoms with Crippen molar-refractivity contribution in [3.63, 3.8) is 0 Å². The molecule has 0 aliphatic carbocycles. The average molecular weight is 350 g/mol. The van der Waals surface area contributed by atoms with Gasteiger partial charge in [-0.05, 0) is 40.5 Å². The van der Waals surface area contributed by atoms with Gasteiger partial charge in [0.2, 0.25) is 0 Å². The van der Waals surface area contributed by atoms with Gasteiger partial charge in [-0.3, -0.25) is 4.68 Å². The molecule has 0 saturated carbocycles. The van der Waals surface area contributed by atoms with Crippen molar-refractivity contribution in [1.82, 2.24) is 9.78 Å². The number of aromatic nitrogens is 2. The number of rotatable bonds is 2. The second kappa shape index (κ2) is 5.35. The first-order valence-corrected chi connectivity index (χ1v) is 9.91. The molecule has 3 heterocycles. The molecule has 0 bridgehead atoms. The molecule has 130 valence electrons. The predicted molar refractivity (Wildman–Crippen MR) is 92.6 cm³/mol. The summed E-state index contributed by atoms with van der Waals surface area (Å²) < 4.78 is 37.2. The van der Waals surface area contributed by atoms with Gasteiger partial charge in [0, 0.05) is 17.9 Å². The first kappa shape index (κ1) is 17.5. The molecular weight excluding hydrogens is 327 g/mol. The van der Waals surface area contributed by atoms with E-state index in [2.05, 4.69) is 11.0 Å². The Morgan fingerprint density at radius 3 is 2.25 bits per heavy atom. The van der Waals surface area contributed by atoms with E-state index in [1.807, 2.05) is 33.9 Å². The molecule has 1 aromatic rings. The van der Waals surface area contributed by atoms with Gasteiger partial charge in [0.15, 0.2) is 9.84 Å². The Hall–Kier alpha value is -1.30. The van der Waals surface area contributed by atoms with Gasteiger partial charge in [0.05, 0.1) is 22.7 Å². The van der Waals surface area contributed by atoms with Gasteiger partial charge in [-0.25, -0.2) is 8.42 Å². The molecule has 0 unspecified atom stereocenters. The highest BCUT2D eigenvalue weighted by Crippen LogP contribution is 2.36. The lowest BCUT2D eigenvalue weighted by molar-refractivity contribution is 0.00578. The maximum absolute atomic E-state index is 11.7. The number of nitrogens with zero attached hydrogens (tertiary/aromatic N) is 2. The lowest BCUT2D eigenvalue weighted by atomic mass is 9.81. The molecule has 0 N–H and O–H groups in total. The van der Waals surface area contributed by atoms with Crippen molar-refractivity contribution in [1.29, 1.82) is 0 Å². The summed E-state index contributed by atoms with van der Waals surface area (Å²) in [6, 6.07) is 0. The van der Waals surface area contributed by atoms with E-state index in [1.54, 1.807) is 10.9 Å². The van der Waals surface area contributed by atoms with Crippen LogP contribution in [0.15, 0.2) is 12.4 Å². The fourth-order valence-corrected chi connectivity index (χ4v) is 4.49. The average Bonchev–Trinajstić information content (AvgIpc) is 3.04. The van der Waals surface area contributed by atoms with Crippen LogP contribution in [0.1, 0.15) is 40.5 Å². The first-order valence-electron chi connectivity index (χ1n) is 8.09. The number of sulfone groups is 1. The Bertz CT molecular complexity index is 761. The zero-order valence-electron chi connectivity index (χ0n) is 14.6. The van der Waals surface area contributed by atoms with Crippen LogP contribution in [0.2, 0.25) is 0 Å². The molecule has 0 spiro atoms. The van der Waals surface area contributed by atoms with Crippen LogP contribution in [-0.2, 0) is 24.7 Å². The third-order valence-corrected chi connectivity index (χ3v) is 7.14. The van der Waals surface area contributed by atoms with Crippen molar-refractivity contribution in [2.75, 3.05) is 11.5 Å². The van der Waals surface area contributed by atoms with E-state index in [-0.39, 0.29) is 11.5 Å². The Kier molecular flexibility index (Phi) is 3.91. The molecule has 2 aliphatic heterocycles. The van der Waals surface area contributed by atoms with Crippen molar-refractivity contribution in [3.8, 4) is 12.3 Å². The first-order chi connectivity index (χ1) is 11.0. The summed E-state index contributed by atoms with van der Waals surface area (Å²) in [5.41, 5.74) is -0.769. The molecule has 0 radical (unpaired) electrons. The van der Waals surface area contributed by atoms with E-state index < -0.39 is 33.7 Å². The van der Waals surface area contributed by atoms with Gasteiger partial charge in [-0.1, -0.05) is 5.92 Å². The van der Waals surface area contributed by atoms with Crippen LogP contribution in [0.5, 0.6) is 0 Å². The Labute approximate surface area is 144 Å². The van der Waals surface area contributed by atoms with Crippen molar-refractivity contribution >= 4 is 22.4 Å². The highest BCUT2D eigenvalue weighted by molar-refractivity contribution is 7.91. The Morgan fingerprint density at radius 2 is 1.75 bits per heavy atom. The summed E-state index contributed by atoms with van der Waals surface area (Å²) in [7, 11) is -3.51. The summed E-state index contributed by atoms with van der Waals surface area (Å²) in [6.45, 7) is 7.97. The standard InChI is InChI=1S/C16H23BN2O4S/c1-6-16(7-9-24(20,21)10-8-16)19-12-13(11-18-19)17-22-14(2,3)15(4,5)23-17/h1,11-12H,7-10H2,2-5H3. The van der Waals surface area contributed by atoms with Crippen molar-refractivity contribution in [3.05, 3.63) is 12.4 Å². The fourth-order valence-electron chi connectivity index (χ4n) is 2.99. The van der Waals surface area contributed by atoms with Crippen molar-refractivity contribution in [2.24, 2.45) is 0 Å². The number of hydrogen-bond donors (Lipinski definition) is 0. The second-order valence-corrected chi connectivity index (χ2v) is 9.94. The smallest absolute Gasteiger partial charge is 0.399 e. The summed E-state index contributed by atoms with van der Waals surface area (Å²) in [4.78, 5) is 0. The Balaban J connectivity index is 1.85. The van der Waals surface area contributed by atoms with Crippen LogP contribution in [0.25, 0.3) is 0 Å². The minimum absolute atomic E-state index is 0.0862. The van der Waals surface area contributed by atoms with Crippen LogP contribution in [-0.4, -0.2) is 48.0 Å². The van der Waals surface area contributed by atoms with Crippen LogP contribution in [0.4, 0.5) is 0 Å². The number of terminal acetylenes is 1. The van der Waals surface area contributed by atoms with Crippen LogP contribution >= 0.6 is 0 Å². The maximum atomic E-state index is 11.7. The predicted octanol–water partition coefficient (Wildman–Crippen LogP) is 0.719. The largest absolute Gasteiger partial charge is 0.498 e. The maximum Gasteiger partial charge on any atom is 0.498 e. The monoisotopic (exact) mass is 350 g/mol. The van der Waals surface area contributed by atoms with E-state index in [0.717, 1.165) is 5.46 Å². The van der Waals surface area contributed by atoms with Gasteiger partial charge >= 0.3 is 7.12 Å². The molecule has 8 heteroatoms. The van der Waals surface area contributed by atoms with Gasteiger partial charge in [-0.15, -0.1) is 6.42 Å². The van der Waals surface area contributed by atoms with Gasteiger partial charge in [-0.2, -0.15) is 5.10 Å². The molecule has 0 amide bonds. The van der Waals surface area contributed by atoms with Crippen LogP contribution in [0, 0.1) is 12.3 Å². The number of hydrogen-bond acceptors (Lipinski definition) is 5. The third-order valence-electron chi connectivity index (χ3n) is 5.49. The molecule has 1 aromatic heterocycles. The molecule has 2 fully saturated rings. The molecule has 3 rings (SSSR count). The Morgan fingerprint density at radius 1 is 1.21 bits per heavy atom. The van der Waals surface area contributed by atoms with Crippen molar-refractivity contribution in [2.45, 2.75) is 57.3 Å². The lowest BCUT2D eigenvalue weighted by Gasteiger charge is -2.32. The molecule has 0 aromatic carbocycles. The summed E-state index contributed by atoms with van der Waals surface area (Å²) >= 11 is 0. The topological polar surface area (TPSA) is 70.4 Å². The van der Waals surface area contributed by atoms with E-state index in [1.165, 1.54) is 0 Å². The molecule has 2 aliphatic rings. The quantitative estimate of drug-likeness (QED) is 0.581. The molecule has 0 atom stereocenters. The zero-order chi connectivity index (χ0) is 17.8. The van der Waals surface area contributed by atoms with E-state index in [9.17, 15) is 8.42 Å².